The molecule has 0 saturated heterocycles. The van der Waals surface area contributed by atoms with E-state index in [4.69, 9.17) is 4.74 Å². The third-order valence-corrected chi connectivity index (χ3v) is 2.41. The van der Waals surface area contributed by atoms with E-state index in [2.05, 4.69) is 17.6 Å². The molecule has 0 aliphatic heterocycles. The predicted octanol–water partition coefficient (Wildman–Crippen LogP) is 2.09. The zero-order valence-electron chi connectivity index (χ0n) is 12.2. The highest BCUT2D eigenvalue weighted by Crippen LogP contribution is 2.17. The molecule has 4 heteroatoms. The summed E-state index contributed by atoms with van der Waals surface area (Å²) in [7, 11) is 0. The summed E-state index contributed by atoms with van der Waals surface area (Å²) in [5, 5.41) is 6.12. The molecule has 19 heavy (non-hydrogen) atoms. The molecule has 106 valence electrons. The van der Waals surface area contributed by atoms with Crippen LogP contribution < -0.4 is 15.4 Å². The SMILES string of the molecule is CCNCc1ccccc1OCC(=O)NC(C)(C)C. The standard InChI is InChI=1S/C15H24N2O2/c1-5-16-10-12-8-6-7-9-13(12)19-11-14(18)17-15(2,3)4/h6-9,16H,5,10-11H2,1-4H3,(H,17,18). The van der Waals surface area contributed by atoms with Gasteiger partial charge in [0.15, 0.2) is 6.61 Å². The Bertz CT molecular complexity index is 411. The maximum Gasteiger partial charge on any atom is 0.258 e. The molecule has 0 fully saturated rings. The van der Waals surface area contributed by atoms with E-state index >= 15 is 0 Å². The van der Waals surface area contributed by atoms with Gasteiger partial charge < -0.3 is 15.4 Å². The van der Waals surface area contributed by atoms with Gasteiger partial charge in [0.1, 0.15) is 5.75 Å². The molecule has 0 unspecified atom stereocenters. The summed E-state index contributed by atoms with van der Waals surface area (Å²) >= 11 is 0. The number of hydrogen-bond acceptors (Lipinski definition) is 3. The summed E-state index contributed by atoms with van der Waals surface area (Å²) < 4.78 is 5.59. The zero-order valence-corrected chi connectivity index (χ0v) is 12.2. The van der Waals surface area contributed by atoms with Crippen LogP contribution in [-0.4, -0.2) is 24.6 Å². The highest BCUT2D eigenvalue weighted by molar-refractivity contribution is 5.78. The van der Waals surface area contributed by atoms with Crippen LogP contribution in [0.1, 0.15) is 33.3 Å². The van der Waals surface area contributed by atoms with Gasteiger partial charge >= 0.3 is 0 Å². The fourth-order valence-corrected chi connectivity index (χ4v) is 1.65. The first kappa shape index (κ1) is 15.5. The lowest BCUT2D eigenvalue weighted by Crippen LogP contribution is -2.43. The van der Waals surface area contributed by atoms with Gasteiger partial charge in [-0.3, -0.25) is 4.79 Å². The highest BCUT2D eigenvalue weighted by Gasteiger charge is 2.14. The van der Waals surface area contributed by atoms with Crippen LogP contribution in [0.3, 0.4) is 0 Å². The Kier molecular flexibility index (Phi) is 5.83. The van der Waals surface area contributed by atoms with Crippen LogP contribution in [0.15, 0.2) is 24.3 Å². The smallest absolute Gasteiger partial charge is 0.258 e. The van der Waals surface area contributed by atoms with Gasteiger partial charge in [-0.25, -0.2) is 0 Å². The minimum Gasteiger partial charge on any atom is -0.483 e. The number of nitrogens with one attached hydrogen (secondary N) is 2. The molecule has 1 rings (SSSR count). The van der Waals surface area contributed by atoms with Crippen molar-refractivity contribution in [2.24, 2.45) is 0 Å². The Labute approximate surface area is 115 Å². The third-order valence-electron chi connectivity index (χ3n) is 2.41. The maximum atomic E-state index is 11.7. The second-order valence-electron chi connectivity index (χ2n) is 5.47. The van der Waals surface area contributed by atoms with Gasteiger partial charge in [0.25, 0.3) is 5.91 Å². The van der Waals surface area contributed by atoms with E-state index in [0.717, 1.165) is 24.4 Å². The second-order valence-corrected chi connectivity index (χ2v) is 5.47. The summed E-state index contributed by atoms with van der Waals surface area (Å²) in [4.78, 5) is 11.7. The molecule has 0 heterocycles. The van der Waals surface area contributed by atoms with Crippen molar-refractivity contribution in [3.8, 4) is 5.75 Å². The van der Waals surface area contributed by atoms with E-state index in [1.54, 1.807) is 0 Å². The first-order valence-corrected chi connectivity index (χ1v) is 6.65. The number of hydrogen-bond donors (Lipinski definition) is 2. The van der Waals surface area contributed by atoms with E-state index in [1.165, 1.54) is 0 Å². The minimum absolute atomic E-state index is 0.0421. The average Bonchev–Trinajstić information content (AvgIpc) is 2.32. The Balaban J connectivity index is 2.55. The van der Waals surface area contributed by atoms with Crippen molar-refractivity contribution in [3.05, 3.63) is 29.8 Å². The molecule has 4 nitrogen and oxygen atoms in total. The summed E-state index contributed by atoms with van der Waals surface area (Å²) in [5.41, 5.74) is 0.830. The van der Waals surface area contributed by atoms with Crippen molar-refractivity contribution in [3.63, 3.8) is 0 Å². The molecule has 1 aromatic carbocycles. The molecule has 0 bridgehead atoms. The minimum atomic E-state index is -0.232. The fourth-order valence-electron chi connectivity index (χ4n) is 1.65. The Morgan fingerprint density at radius 2 is 1.95 bits per heavy atom. The van der Waals surface area contributed by atoms with Gasteiger partial charge in [-0.2, -0.15) is 0 Å². The predicted molar refractivity (Wildman–Crippen MR) is 77.2 cm³/mol. The molecule has 0 aliphatic carbocycles. The van der Waals surface area contributed by atoms with E-state index in [0.29, 0.717) is 0 Å². The van der Waals surface area contributed by atoms with Crippen LogP contribution in [0.2, 0.25) is 0 Å². The molecule has 1 amide bonds. The van der Waals surface area contributed by atoms with E-state index in [1.807, 2.05) is 45.0 Å². The van der Waals surface area contributed by atoms with Gasteiger partial charge in [0.2, 0.25) is 0 Å². The second kappa shape index (κ2) is 7.14. The quantitative estimate of drug-likeness (QED) is 0.827. The Morgan fingerprint density at radius 3 is 2.58 bits per heavy atom. The van der Waals surface area contributed by atoms with Gasteiger partial charge in [-0.05, 0) is 33.4 Å². The molecule has 0 atom stereocenters. The third kappa shape index (κ3) is 6.25. The summed E-state index contributed by atoms with van der Waals surface area (Å²) in [6, 6.07) is 7.76. The summed E-state index contributed by atoms with van der Waals surface area (Å²) in [5.74, 6) is 0.651. The average molecular weight is 264 g/mol. The van der Waals surface area contributed by atoms with Crippen LogP contribution >= 0.6 is 0 Å². The molecule has 0 aliphatic rings. The lowest BCUT2D eigenvalue weighted by Gasteiger charge is -2.20. The number of rotatable bonds is 6. The van der Waals surface area contributed by atoms with E-state index in [-0.39, 0.29) is 18.1 Å². The van der Waals surface area contributed by atoms with Gasteiger partial charge in [-0.15, -0.1) is 0 Å². The molecular weight excluding hydrogens is 240 g/mol. The number of carbonyl (C=O) groups is 1. The van der Waals surface area contributed by atoms with Gasteiger partial charge in [0.05, 0.1) is 0 Å². The van der Waals surface area contributed by atoms with Gasteiger partial charge in [0, 0.05) is 17.6 Å². The van der Waals surface area contributed by atoms with Crippen LogP contribution in [0.25, 0.3) is 0 Å². The first-order valence-electron chi connectivity index (χ1n) is 6.65. The number of amides is 1. The molecule has 0 radical (unpaired) electrons. The maximum absolute atomic E-state index is 11.7. The zero-order chi connectivity index (χ0) is 14.3. The lowest BCUT2D eigenvalue weighted by molar-refractivity contribution is -0.124. The molecule has 1 aromatic rings. The topological polar surface area (TPSA) is 50.4 Å². The van der Waals surface area contributed by atoms with Crippen LogP contribution in [-0.2, 0) is 11.3 Å². The number of para-hydroxylation sites is 1. The number of carbonyl (C=O) groups excluding carboxylic acids is 1. The van der Waals surface area contributed by atoms with Crippen molar-refractivity contribution in [2.45, 2.75) is 39.8 Å². The van der Waals surface area contributed by atoms with Crippen molar-refractivity contribution in [1.82, 2.24) is 10.6 Å². The number of ether oxygens (including phenoxy) is 1. The van der Waals surface area contributed by atoms with Crippen LogP contribution in [0, 0.1) is 0 Å². The van der Waals surface area contributed by atoms with E-state index in [9.17, 15) is 4.79 Å². The normalized spacial score (nSPS) is 11.2. The molecule has 0 aromatic heterocycles. The van der Waals surface area contributed by atoms with Crippen molar-refractivity contribution >= 4 is 5.91 Å². The Hall–Kier alpha value is -1.55. The molecular formula is C15H24N2O2. The summed E-state index contributed by atoms with van der Waals surface area (Å²) in [6.45, 7) is 9.59. The van der Waals surface area contributed by atoms with Crippen LogP contribution in [0.5, 0.6) is 5.75 Å². The van der Waals surface area contributed by atoms with Crippen molar-refractivity contribution in [2.75, 3.05) is 13.2 Å². The van der Waals surface area contributed by atoms with E-state index < -0.39 is 0 Å². The van der Waals surface area contributed by atoms with Crippen LogP contribution in [0.4, 0.5) is 0 Å². The lowest BCUT2D eigenvalue weighted by atomic mass is 10.1. The van der Waals surface area contributed by atoms with Gasteiger partial charge in [-0.1, -0.05) is 25.1 Å². The van der Waals surface area contributed by atoms with Crippen molar-refractivity contribution in [1.29, 1.82) is 0 Å². The fraction of sp³-hybridized carbons (Fsp3) is 0.533. The monoisotopic (exact) mass is 264 g/mol. The largest absolute Gasteiger partial charge is 0.483 e. The molecule has 0 saturated carbocycles. The summed E-state index contributed by atoms with van der Waals surface area (Å²) in [6.07, 6.45) is 0. The molecule has 0 spiro atoms. The Morgan fingerprint density at radius 1 is 1.26 bits per heavy atom. The first-order chi connectivity index (χ1) is 8.92. The number of benzene rings is 1. The van der Waals surface area contributed by atoms with Crippen molar-refractivity contribution < 1.29 is 9.53 Å². The highest BCUT2D eigenvalue weighted by atomic mass is 16.5. The molecule has 2 N–H and O–H groups in total.